The molecule has 1 aromatic carbocycles. The van der Waals surface area contributed by atoms with Crippen LogP contribution in [0.2, 0.25) is 0 Å². The number of ether oxygens (including phenoxy) is 1. The maximum absolute atomic E-state index is 5.66. The van der Waals surface area contributed by atoms with Gasteiger partial charge in [-0.1, -0.05) is 32.0 Å². The Hall–Kier alpha value is -1.88. The van der Waals surface area contributed by atoms with E-state index in [-0.39, 0.29) is 6.10 Å². The van der Waals surface area contributed by atoms with Crippen LogP contribution in [-0.4, -0.2) is 27.4 Å². The van der Waals surface area contributed by atoms with E-state index >= 15 is 0 Å². The molecule has 0 spiro atoms. The number of para-hydroxylation sites is 1. The molecule has 0 saturated heterocycles. The molecule has 0 bridgehead atoms. The topological polar surface area (TPSA) is 66.0 Å². The normalized spacial score (nSPS) is 12.7. The van der Waals surface area contributed by atoms with Crippen LogP contribution < -0.4 is 10.5 Å². The molecule has 0 saturated carbocycles. The average Bonchev–Trinajstić information content (AvgIpc) is 2.85. The number of nitrogens with zero attached hydrogens (tertiary/aromatic N) is 3. The first-order valence-corrected chi connectivity index (χ1v) is 6.04. The zero-order chi connectivity index (χ0) is 13.0. The van der Waals surface area contributed by atoms with E-state index in [1.807, 2.05) is 30.3 Å². The Bertz CT molecular complexity index is 481. The molecule has 0 aliphatic heterocycles. The number of hydrogen-bond acceptors (Lipinski definition) is 4. The van der Waals surface area contributed by atoms with Gasteiger partial charge in [-0.2, -0.15) is 4.98 Å². The molecule has 1 aromatic heterocycles. The first-order valence-electron chi connectivity index (χ1n) is 6.04. The molecule has 0 aliphatic carbocycles. The number of hydrogen-bond donors (Lipinski definition) is 1. The Balaban J connectivity index is 2.11. The Morgan fingerprint density at radius 1 is 1.28 bits per heavy atom. The lowest BCUT2D eigenvalue weighted by Gasteiger charge is -2.17. The zero-order valence-corrected chi connectivity index (χ0v) is 10.7. The lowest BCUT2D eigenvalue weighted by atomic mass is 10.1. The Morgan fingerprint density at radius 2 is 2.00 bits per heavy atom. The molecule has 0 radical (unpaired) electrons. The third-order valence-electron chi connectivity index (χ3n) is 2.72. The standard InChI is InChI=1S/C13H18N4O/c1-10(2)12(8-14)18-13-15-9-17(16-13)11-6-4-3-5-7-11/h3-7,9-10,12H,8,14H2,1-2H3. The van der Waals surface area contributed by atoms with Crippen LogP contribution in [0.4, 0.5) is 0 Å². The predicted molar refractivity (Wildman–Crippen MR) is 69.7 cm³/mol. The highest BCUT2D eigenvalue weighted by Gasteiger charge is 2.15. The molecule has 1 unspecified atom stereocenters. The fraction of sp³-hybridized carbons (Fsp3) is 0.385. The van der Waals surface area contributed by atoms with Crippen molar-refractivity contribution in [2.45, 2.75) is 20.0 Å². The van der Waals surface area contributed by atoms with Crippen molar-refractivity contribution in [1.82, 2.24) is 14.8 Å². The van der Waals surface area contributed by atoms with Gasteiger partial charge in [0.05, 0.1) is 5.69 Å². The van der Waals surface area contributed by atoms with Crippen LogP contribution >= 0.6 is 0 Å². The molecule has 96 valence electrons. The molecule has 2 aromatic rings. The van der Waals surface area contributed by atoms with Gasteiger partial charge in [-0.3, -0.25) is 0 Å². The van der Waals surface area contributed by atoms with E-state index in [1.54, 1.807) is 11.0 Å². The van der Waals surface area contributed by atoms with Crippen molar-refractivity contribution in [2.75, 3.05) is 6.54 Å². The molecule has 0 fully saturated rings. The average molecular weight is 246 g/mol. The van der Waals surface area contributed by atoms with E-state index in [4.69, 9.17) is 10.5 Å². The molecule has 0 amide bonds. The molecular formula is C13H18N4O. The summed E-state index contributed by atoms with van der Waals surface area (Å²) in [5, 5.41) is 4.28. The monoisotopic (exact) mass is 246 g/mol. The predicted octanol–water partition coefficient (Wildman–Crippen LogP) is 1.63. The lowest BCUT2D eigenvalue weighted by Crippen LogP contribution is -2.32. The number of benzene rings is 1. The molecule has 5 heteroatoms. The summed E-state index contributed by atoms with van der Waals surface area (Å²) in [5.41, 5.74) is 6.60. The van der Waals surface area contributed by atoms with E-state index in [1.165, 1.54) is 0 Å². The molecule has 18 heavy (non-hydrogen) atoms. The second kappa shape index (κ2) is 5.64. The van der Waals surface area contributed by atoms with Crippen molar-refractivity contribution in [3.8, 4) is 11.7 Å². The summed E-state index contributed by atoms with van der Waals surface area (Å²) >= 11 is 0. The summed E-state index contributed by atoms with van der Waals surface area (Å²) in [4.78, 5) is 4.14. The van der Waals surface area contributed by atoms with E-state index in [2.05, 4.69) is 23.9 Å². The second-order valence-corrected chi connectivity index (χ2v) is 4.44. The molecular weight excluding hydrogens is 228 g/mol. The van der Waals surface area contributed by atoms with Gasteiger partial charge >= 0.3 is 6.01 Å². The van der Waals surface area contributed by atoms with E-state index in [0.29, 0.717) is 18.5 Å². The van der Waals surface area contributed by atoms with Gasteiger partial charge in [0.25, 0.3) is 0 Å². The summed E-state index contributed by atoms with van der Waals surface area (Å²) in [6.45, 7) is 4.58. The van der Waals surface area contributed by atoms with Crippen LogP contribution in [0.3, 0.4) is 0 Å². The summed E-state index contributed by atoms with van der Waals surface area (Å²) in [7, 11) is 0. The lowest BCUT2D eigenvalue weighted by molar-refractivity contribution is 0.145. The molecule has 1 atom stereocenters. The first-order chi connectivity index (χ1) is 8.70. The summed E-state index contributed by atoms with van der Waals surface area (Å²) in [6.07, 6.45) is 1.58. The Kier molecular flexibility index (Phi) is 3.94. The SMILES string of the molecule is CC(C)C(CN)Oc1ncn(-c2ccccc2)n1. The van der Waals surface area contributed by atoms with Crippen LogP contribution in [0.15, 0.2) is 36.7 Å². The summed E-state index contributed by atoms with van der Waals surface area (Å²) in [5.74, 6) is 0.332. The molecule has 0 aliphatic rings. The number of nitrogens with two attached hydrogens (primary N) is 1. The van der Waals surface area contributed by atoms with E-state index in [0.717, 1.165) is 5.69 Å². The third-order valence-corrected chi connectivity index (χ3v) is 2.72. The first kappa shape index (κ1) is 12.6. The second-order valence-electron chi connectivity index (χ2n) is 4.44. The summed E-state index contributed by atoms with van der Waals surface area (Å²) < 4.78 is 7.34. The van der Waals surface area contributed by atoms with E-state index < -0.39 is 0 Å². The van der Waals surface area contributed by atoms with Crippen molar-refractivity contribution >= 4 is 0 Å². The fourth-order valence-corrected chi connectivity index (χ4v) is 1.60. The van der Waals surface area contributed by atoms with Crippen molar-refractivity contribution in [2.24, 2.45) is 11.7 Å². The van der Waals surface area contributed by atoms with Gasteiger partial charge in [-0.05, 0) is 18.1 Å². The van der Waals surface area contributed by atoms with Gasteiger partial charge < -0.3 is 10.5 Å². The fourth-order valence-electron chi connectivity index (χ4n) is 1.60. The maximum Gasteiger partial charge on any atom is 0.336 e. The van der Waals surface area contributed by atoms with Crippen molar-refractivity contribution < 1.29 is 4.74 Å². The highest BCUT2D eigenvalue weighted by atomic mass is 16.5. The van der Waals surface area contributed by atoms with Crippen LogP contribution in [0, 0.1) is 5.92 Å². The van der Waals surface area contributed by atoms with Crippen molar-refractivity contribution in [1.29, 1.82) is 0 Å². The highest BCUT2D eigenvalue weighted by molar-refractivity contribution is 5.29. The van der Waals surface area contributed by atoms with Gasteiger partial charge in [-0.25, -0.2) is 4.68 Å². The van der Waals surface area contributed by atoms with Gasteiger partial charge in [0, 0.05) is 6.54 Å². The minimum Gasteiger partial charge on any atom is -0.457 e. The Labute approximate surface area is 107 Å². The van der Waals surface area contributed by atoms with Crippen LogP contribution in [0.25, 0.3) is 5.69 Å². The largest absolute Gasteiger partial charge is 0.457 e. The number of aromatic nitrogens is 3. The van der Waals surface area contributed by atoms with Gasteiger partial charge in [0.1, 0.15) is 12.4 Å². The molecule has 5 nitrogen and oxygen atoms in total. The van der Waals surface area contributed by atoms with Crippen LogP contribution in [0.5, 0.6) is 6.01 Å². The van der Waals surface area contributed by atoms with Crippen molar-refractivity contribution in [3.63, 3.8) is 0 Å². The van der Waals surface area contributed by atoms with E-state index in [9.17, 15) is 0 Å². The zero-order valence-electron chi connectivity index (χ0n) is 10.7. The van der Waals surface area contributed by atoms with Crippen LogP contribution in [-0.2, 0) is 0 Å². The minimum atomic E-state index is -0.0587. The molecule has 2 rings (SSSR count). The highest BCUT2D eigenvalue weighted by Crippen LogP contribution is 2.12. The third kappa shape index (κ3) is 2.87. The minimum absolute atomic E-state index is 0.0587. The van der Waals surface area contributed by atoms with Gasteiger partial charge in [0.15, 0.2) is 0 Å². The van der Waals surface area contributed by atoms with Crippen molar-refractivity contribution in [3.05, 3.63) is 36.7 Å². The Morgan fingerprint density at radius 3 is 2.61 bits per heavy atom. The van der Waals surface area contributed by atoms with Gasteiger partial charge in [-0.15, -0.1) is 5.10 Å². The smallest absolute Gasteiger partial charge is 0.336 e. The molecule has 2 N–H and O–H groups in total. The number of rotatable bonds is 5. The molecule has 1 heterocycles. The van der Waals surface area contributed by atoms with Crippen LogP contribution in [0.1, 0.15) is 13.8 Å². The quantitative estimate of drug-likeness (QED) is 0.870. The summed E-state index contributed by atoms with van der Waals surface area (Å²) in [6, 6.07) is 10.1. The maximum atomic E-state index is 5.66. The van der Waals surface area contributed by atoms with Gasteiger partial charge in [0.2, 0.25) is 0 Å².